The van der Waals surface area contributed by atoms with E-state index in [0.29, 0.717) is 12.1 Å². The van der Waals surface area contributed by atoms with Gasteiger partial charge < -0.3 is 10.2 Å². The minimum atomic E-state index is 0.502. The van der Waals surface area contributed by atoms with Gasteiger partial charge in [0, 0.05) is 36.4 Å². The molecule has 0 amide bonds. The van der Waals surface area contributed by atoms with E-state index in [1.807, 2.05) is 6.07 Å². The van der Waals surface area contributed by atoms with Crippen LogP contribution in [-0.2, 0) is 6.54 Å². The summed E-state index contributed by atoms with van der Waals surface area (Å²) in [4.78, 5) is 2.40. The molecule has 0 heterocycles. The molecule has 0 saturated heterocycles. The highest BCUT2D eigenvalue weighted by molar-refractivity contribution is 6.30. The Morgan fingerprint density at radius 1 is 1.39 bits per heavy atom. The zero-order chi connectivity index (χ0) is 13.1. The fourth-order valence-electron chi connectivity index (χ4n) is 2.30. The van der Waals surface area contributed by atoms with Crippen LogP contribution >= 0.6 is 11.6 Å². The molecule has 1 aliphatic rings. The Morgan fingerprint density at radius 3 is 2.67 bits per heavy atom. The monoisotopic (exact) mass is 266 g/mol. The summed E-state index contributed by atoms with van der Waals surface area (Å²) >= 11 is 6.14. The van der Waals surface area contributed by atoms with Crippen LogP contribution < -0.4 is 10.2 Å². The second-order valence-corrected chi connectivity index (χ2v) is 5.94. The highest BCUT2D eigenvalue weighted by Gasteiger charge is 2.23. The zero-order valence-corrected chi connectivity index (χ0v) is 12.3. The Balaban J connectivity index is 2.16. The largest absolute Gasteiger partial charge is 0.371 e. The lowest BCUT2D eigenvalue weighted by molar-refractivity contribution is 0.400. The highest BCUT2D eigenvalue weighted by Crippen LogP contribution is 2.32. The van der Waals surface area contributed by atoms with E-state index in [0.717, 1.165) is 11.6 Å². The van der Waals surface area contributed by atoms with Gasteiger partial charge in [-0.25, -0.2) is 0 Å². The maximum atomic E-state index is 6.14. The first-order valence-electron chi connectivity index (χ1n) is 6.82. The maximum absolute atomic E-state index is 6.14. The molecule has 18 heavy (non-hydrogen) atoms. The number of anilines is 1. The molecule has 3 heteroatoms. The molecule has 0 bridgehead atoms. The number of halogens is 1. The van der Waals surface area contributed by atoms with Gasteiger partial charge >= 0.3 is 0 Å². The van der Waals surface area contributed by atoms with Gasteiger partial charge in [0.25, 0.3) is 0 Å². The van der Waals surface area contributed by atoms with E-state index in [-0.39, 0.29) is 0 Å². The van der Waals surface area contributed by atoms with Crippen LogP contribution in [0.3, 0.4) is 0 Å². The van der Waals surface area contributed by atoms with E-state index in [1.54, 1.807) is 0 Å². The van der Waals surface area contributed by atoms with Gasteiger partial charge in [0.1, 0.15) is 0 Å². The lowest BCUT2D eigenvalue weighted by Gasteiger charge is -2.37. The molecule has 0 aromatic heterocycles. The Hall–Kier alpha value is -0.730. The van der Waals surface area contributed by atoms with Crippen LogP contribution in [0, 0.1) is 0 Å². The van der Waals surface area contributed by atoms with Crippen LogP contribution in [0.4, 0.5) is 5.69 Å². The molecule has 0 radical (unpaired) electrons. The van der Waals surface area contributed by atoms with Crippen LogP contribution in [-0.4, -0.2) is 19.1 Å². The number of rotatable bonds is 5. The van der Waals surface area contributed by atoms with Crippen molar-refractivity contribution in [2.24, 2.45) is 0 Å². The summed E-state index contributed by atoms with van der Waals surface area (Å²) < 4.78 is 0. The topological polar surface area (TPSA) is 15.3 Å². The van der Waals surface area contributed by atoms with Crippen molar-refractivity contribution in [2.45, 2.75) is 51.7 Å². The normalized spacial score (nSPS) is 15.8. The predicted octanol–water partition coefficient (Wildman–Crippen LogP) is 3.83. The van der Waals surface area contributed by atoms with Gasteiger partial charge in [-0.3, -0.25) is 0 Å². The summed E-state index contributed by atoms with van der Waals surface area (Å²) in [5.41, 5.74) is 2.61. The number of hydrogen-bond acceptors (Lipinski definition) is 2. The third-order valence-corrected chi connectivity index (χ3v) is 3.99. The summed E-state index contributed by atoms with van der Waals surface area (Å²) in [6.45, 7) is 5.25. The molecule has 1 aromatic rings. The fraction of sp³-hybridized carbons (Fsp3) is 0.600. The first-order chi connectivity index (χ1) is 8.58. The standard InChI is InChI=1S/C15H23ClN2/c1-11(2)17-10-12-7-8-13(16)9-15(12)18(3)14-5-4-6-14/h7-9,11,14,17H,4-6,10H2,1-3H3. The number of nitrogens with zero attached hydrogens (tertiary/aromatic N) is 1. The molecular weight excluding hydrogens is 244 g/mol. The number of benzene rings is 1. The Labute approximate surface area is 115 Å². The summed E-state index contributed by atoms with van der Waals surface area (Å²) in [5.74, 6) is 0. The van der Waals surface area contributed by atoms with Crippen molar-refractivity contribution in [1.29, 1.82) is 0 Å². The van der Waals surface area contributed by atoms with E-state index in [2.05, 4.69) is 43.2 Å². The van der Waals surface area contributed by atoms with Crippen molar-refractivity contribution >= 4 is 17.3 Å². The second kappa shape index (κ2) is 5.94. The minimum Gasteiger partial charge on any atom is -0.371 e. The molecule has 0 atom stereocenters. The van der Waals surface area contributed by atoms with E-state index < -0.39 is 0 Å². The molecular formula is C15H23ClN2. The molecule has 0 aliphatic heterocycles. The predicted molar refractivity (Wildman–Crippen MR) is 79.5 cm³/mol. The Morgan fingerprint density at radius 2 is 2.11 bits per heavy atom. The van der Waals surface area contributed by atoms with Crippen molar-refractivity contribution in [3.05, 3.63) is 28.8 Å². The van der Waals surface area contributed by atoms with Crippen molar-refractivity contribution in [1.82, 2.24) is 5.32 Å². The second-order valence-electron chi connectivity index (χ2n) is 5.50. The molecule has 1 saturated carbocycles. The summed E-state index contributed by atoms with van der Waals surface area (Å²) in [6.07, 6.45) is 3.97. The average molecular weight is 267 g/mol. The van der Waals surface area contributed by atoms with E-state index >= 15 is 0 Å². The quantitative estimate of drug-likeness (QED) is 0.871. The lowest BCUT2D eigenvalue weighted by atomic mass is 9.91. The molecule has 2 nitrogen and oxygen atoms in total. The van der Waals surface area contributed by atoms with Crippen LogP contribution in [0.2, 0.25) is 5.02 Å². The fourth-order valence-corrected chi connectivity index (χ4v) is 2.47. The average Bonchev–Trinajstić information content (AvgIpc) is 2.24. The van der Waals surface area contributed by atoms with Crippen molar-refractivity contribution in [3.8, 4) is 0 Å². The Kier molecular flexibility index (Phi) is 4.52. The molecule has 1 N–H and O–H groups in total. The van der Waals surface area contributed by atoms with Gasteiger partial charge in [-0.15, -0.1) is 0 Å². The molecule has 0 spiro atoms. The summed E-state index contributed by atoms with van der Waals surface area (Å²) in [6, 6.07) is 7.42. The molecule has 1 aliphatic carbocycles. The molecule has 0 unspecified atom stereocenters. The van der Waals surface area contributed by atoms with Crippen LogP contribution in [0.15, 0.2) is 18.2 Å². The van der Waals surface area contributed by atoms with Crippen molar-refractivity contribution < 1.29 is 0 Å². The van der Waals surface area contributed by atoms with Crippen molar-refractivity contribution in [2.75, 3.05) is 11.9 Å². The van der Waals surface area contributed by atoms with E-state index in [1.165, 1.54) is 30.5 Å². The first-order valence-corrected chi connectivity index (χ1v) is 7.20. The molecule has 1 fully saturated rings. The zero-order valence-electron chi connectivity index (χ0n) is 11.5. The van der Waals surface area contributed by atoms with Crippen LogP contribution in [0.1, 0.15) is 38.7 Å². The lowest BCUT2D eigenvalue weighted by Crippen LogP contribution is -2.38. The van der Waals surface area contributed by atoms with Gasteiger partial charge in [-0.1, -0.05) is 31.5 Å². The SMILES string of the molecule is CC(C)NCc1ccc(Cl)cc1N(C)C1CCC1. The van der Waals surface area contributed by atoms with Crippen LogP contribution in [0.5, 0.6) is 0 Å². The van der Waals surface area contributed by atoms with Crippen LogP contribution in [0.25, 0.3) is 0 Å². The van der Waals surface area contributed by atoms with Crippen molar-refractivity contribution in [3.63, 3.8) is 0 Å². The Bertz CT molecular complexity index is 399. The third-order valence-electron chi connectivity index (χ3n) is 3.75. The summed E-state index contributed by atoms with van der Waals surface area (Å²) in [5, 5.41) is 4.31. The van der Waals surface area contributed by atoms with Gasteiger partial charge in [0.15, 0.2) is 0 Å². The van der Waals surface area contributed by atoms with E-state index in [9.17, 15) is 0 Å². The maximum Gasteiger partial charge on any atom is 0.0426 e. The van der Waals surface area contributed by atoms with Gasteiger partial charge in [-0.2, -0.15) is 0 Å². The molecule has 100 valence electrons. The molecule has 2 rings (SSSR count). The van der Waals surface area contributed by atoms with Gasteiger partial charge in [-0.05, 0) is 37.0 Å². The third kappa shape index (κ3) is 3.18. The smallest absolute Gasteiger partial charge is 0.0426 e. The first kappa shape index (κ1) is 13.7. The number of hydrogen-bond donors (Lipinski definition) is 1. The molecule has 1 aromatic carbocycles. The van der Waals surface area contributed by atoms with Gasteiger partial charge in [0.05, 0.1) is 0 Å². The van der Waals surface area contributed by atoms with Gasteiger partial charge in [0.2, 0.25) is 0 Å². The van der Waals surface area contributed by atoms with E-state index in [4.69, 9.17) is 11.6 Å². The summed E-state index contributed by atoms with van der Waals surface area (Å²) in [7, 11) is 2.19. The highest BCUT2D eigenvalue weighted by atomic mass is 35.5. The number of nitrogens with one attached hydrogen (secondary N) is 1. The minimum absolute atomic E-state index is 0.502.